The topological polar surface area (TPSA) is 67.2 Å². The van der Waals surface area contributed by atoms with E-state index in [-0.39, 0.29) is 11.8 Å². The largest absolute Gasteiger partial charge is 0.338 e. The summed E-state index contributed by atoms with van der Waals surface area (Å²) in [7, 11) is 1.88. The Morgan fingerprint density at radius 3 is 2.80 bits per heavy atom. The van der Waals surface area contributed by atoms with Gasteiger partial charge in [-0.25, -0.2) is 4.98 Å². The van der Waals surface area contributed by atoms with E-state index in [1.165, 1.54) is 0 Å². The molecule has 0 spiro atoms. The molecule has 2 aromatic carbocycles. The number of benzene rings is 2. The van der Waals surface area contributed by atoms with Crippen LogP contribution in [0.1, 0.15) is 34.3 Å². The molecule has 1 N–H and O–H groups in total. The first-order chi connectivity index (χ1) is 14.4. The van der Waals surface area contributed by atoms with Gasteiger partial charge < -0.3 is 9.47 Å². The van der Waals surface area contributed by atoms with Crippen LogP contribution in [0.15, 0.2) is 53.1 Å². The molecule has 0 atom stereocenters. The lowest BCUT2D eigenvalue weighted by Gasteiger charge is -2.16. The summed E-state index contributed by atoms with van der Waals surface area (Å²) in [5, 5.41) is 2.90. The first kappa shape index (κ1) is 20.3. The third-order valence-corrected chi connectivity index (χ3v) is 6.29. The molecule has 1 aliphatic heterocycles. The molecule has 3 aromatic rings. The van der Waals surface area contributed by atoms with Crippen LogP contribution in [-0.2, 0) is 18.4 Å². The lowest BCUT2D eigenvalue weighted by molar-refractivity contribution is -0.128. The predicted molar refractivity (Wildman–Crippen MR) is 120 cm³/mol. The fraction of sp³-hybridized carbons (Fsp3) is 0.261. The molecule has 1 saturated heterocycles. The van der Waals surface area contributed by atoms with Crippen molar-refractivity contribution in [2.24, 2.45) is 7.05 Å². The molecule has 0 unspecified atom stereocenters. The van der Waals surface area contributed by atoms with Gasteiger partial charge in [-0.05, 0) is 48.7 Å². The van der Waals surface area contributed by atoms with E-state index in [0.717, 1.165) is 39.8 Å². The van der Waals surface area contributed by atoms with Crippen LogP contribution in [0, 0.1) is 6.92 Å². The number of likely N-dealkylation sites (tertiary alicyclic amines) is 1. The number of hydrogen-bond donors (Lipinski definition) is 1. The van der Waals surface area contributed by atoms with Crippen molar-refractivity contribution in [1.29, 1.82) is 0 Å². The summed E-state index contributed by atoms with van der Waals surface area (Å²) in [6, 6.07) is 13.5. The summed E-state index contributed by atoms with van der Waals surface area (Å²) in [5.41, 5.74) is 4.57. The van der Waals surface area contributed by atoms with E-state index in [4.69, 9.17) is 0 Å². The molecule has 0 bridgehead atoms. The Morgan fingerprint density at radius 2 is 2.07 bits per heavy atom. The van der Waals surface area contributed by atoms with Crippen molar-refractivity contribution < 1.29 is 9.59 Å². The number of imidazole rings is 1. The van der Waals surface area contributed by atoms with E-state index < -0.39 is 0 Å². The van der Waals surface area contributed by atoms with Crippen LogP contribution in [0.5, 0.6) is 0 Å². The van der Waals surface area contributed by atoms with Gasteiger partial charge in [0.1, 0.15) is 0 Å². The number of anilines is 1. The number of amides is 2. The molecule has 1 fully saturated rings. The molecule has 4 rings (SSSR count). The van der Waals surface area contributed by atoms with E-state index in [1.54, 1.807) is 12.3 Å². The van der Waals surface area contributed by atoms with Crippen LogP contribution in [0.25, 0.3) is 11.3 Å². The van der Waals surface area contributed by atoms with Crippen LogP contribution in [0.3, 0.4) is 0 Å². The molecule has 0 aliphatic carbocycles. The van der Waals surface area contributed by atoms with Gasteiger partial charge >= 0.3 is 0 Å². The predicted octanol–water partition coefficient (Wildman–Crippen LogP) is 4.53. The van der Waals surface area contributed by atoms with Crippen molar-refractivity contribution in [3.8, 4) is 11.3 Å². The summed E-state index contributed by atoms with van der Waals surface area (Å²) < 4.78 is 2.92. The number of nitrogens with zero attached hydrogens (tertiary/aromatic N) is 3. The Kier molecular flexibility index (Phi) is 5.72. The van der Waals surface area contributed by atoms with E-state index in [0.29, 0.717) is 24.5 Å². The Bertz CT molecular complexity index is 1120. The summed E-state index contributed by atoms with van der Waals surface area (Å²) in [6.07, 6.45) is 3.27. The van der Waals surface area contributed by atoms with Crippen molar-refractivity contribution in [2.45, 2.75) is 26.3 Å². The SMILES string of the molecule is Cc1cc(-c2cnc(NC(=O)c3cccc(CN4CCCC4=O)c3)n2C)ccc1Br. The maximum atomic E-state index is 12.8. The third kappa shape index (κ3) is 4.16. The van der Waals surface area contributed by atoms with Crippen molar-refractivity contribution in [2.75, 3.05) is 11.9 Å². The maximum Gasteiger partial charge on any atom is 0.257 e. The molecule has 0 saturated carbocycles. The fourth-order valence-corrected chi connectivity index (χ4v) is 3.92. The van der Waals surface area contributed by atoms with Crippen molar-refractivity contribution in [1.82, 2.24) is 14.5 Å². The Morgan fingerprint density at radius 1 is 1.23 bits per heavy atom. The molecule has 30 heavy (non-hydrogen) atoms. The second-order valence-electron chi connectivity index (χ2n) is 7.56. The minimum Gasteiger partial charge on any atom is -0.338 e. The van der Waals surface area contributed by atoms with E-state index in [9.17, 15) is 9.59 Å². The Labute approximate surface area is 184 Å². The highest BCUT2D eigenvalue weighted by molar-refractivity contribution is 9.10. The average Bonchev–Trinajstić information content (AvgIpc) is 3.30. The van der Waals surface area contributed by atoms with Gasteiger partial charge in [0.25, 0.3) is 5.91 Å². The first-order valence-electron chi connectivity index (χ1n) is 9.88. The van der Waals surface area contributed by atoms with Gasteiger partial charge in [0.05, 0.1) is 11.9 Å². The minimum absolute atomic E-state index is 0.175. The lowest BCUT2D eigenvalue weighted by Crippen LogP contribution is -2.24. The molecule has 154 valence electrons. The van der Waals surface area contributed by atoms with Gasteiger partial charge in [-0.1, -0.05) is 34.1 Å². The molecular formula is C23H23BrN4O2. The summed E-state index contributed by atoms with van der Waals surface area (Å²) >= 11 is 3.52. The monoisotopic (exact) mass is 466 g/mol. The van der Waals surface area contributed by atoms with Crippen LogP contribution in [-0.4, -0.2) is 32.8 Å². The molecular weight excluding hydrogens is 444 g/mol. The zero-order valence-corrected chi connectivity index (χ0v) is 18.6. The highest BCUT2D eigenvalue weighted by atomic mass is 79.9. The van der Waals surface area contributed by atoms with Gasteiger partial charge in [-0.2, -0.15) is 0 Å². The van der Waals surface area contributed by atoms with Gasteiger partial charge in [0.2, 0.25) is 11.9 Å². The van der Waals surface area contributed by atoms with E-state index >= 15 is 0 Å². The van der Waals surface area contributed by atoms with E-state index in [2.05, 4.69) is 32.3 Å². The quantitative estimate of drug-likeness (QED) is 0.600. The number of halogens is 1. The number of hydrogen-bond acceptors (Lipinski definition) is 3. The number of rotatable bonds is 5. The number of carbonyl (C=O) groups excluding carboxylic acids is 2. The Balaban J connectivity index is 1.50. The minimum atomic E-state index is -0.225. The van der Waals surface area contributed by atoms with Gasteiger partial charge in [0.15, 0.2) is 0 Å². The van der Waals surface area contributed by atoms with Crippen molar-refractivity contribution >= 4 is 33.7 Å². The molecule has 2 amide bonds. The van der Waals surface area contributed by atoms with Gasteiger partial charge in [0, 0.05) is 42.2 Å². The highest BCUT2D eigenvalue weighted by Gasteiger charge is 2.20. The lowest BCUT2D eigenvalue weighted by atomic mass is 10.1. The van der Waals surface area contributed by atoms with Crippen LogP contribution in [0.2, 0.25) is 0 Å². The molecule has 0 radical (unpaired) electrons. The molecule has 1 aromatic heterocycles. The maximum absolute atomic E-state index is 12.8. The molecule has 1 aliphatic rings. The molecule has 2 heterocycles. The zero-order valence-electron chi connectivity index (χ0n) is 17.0. The van der Waals surface area contributed by atoms with Crippen molar-refractivity contribution in [3.05, 3.63) is 69.8 Å². The molecule has 6 nitrogen and oxygen atoms in total. The summed E-state index contributed by atoms with van der Waals surface area (Å²) in [6.45, 7) is 3.35. The van der Waals surface area contributed by atoms with Crippen LogP contribution < -0.4 is 5.32 Å². The number of aryl methyl sites for hydroxylation is 1. The van der Waals surface area contributed by atoms with Crippen LogP contribution in [0.4, 0.5) is 5.95 Å². The van der Waals surface area contributed by atoms with Gasteiger partial charge in [-0.15, -0.1) is 0 Å². The molecule has 7 heteroatoms. The number of carbonyl (C=O) groups is 2. The van der Waals surface area contributed by atoms with Crippen LogP contribution >= 0.6 is 15.9 Å². The van der Waals surface area contributed by atoms with Crippen molar-refractivity contribution in [3.63, 3.8) is 0 Å². The van der Waals surface area contributed by atoms with E-state index in [1.807, 2.05) is 53.8 Å². The fourth-order valence-electron chi connectivity index (χ4n) is 3.67. The zero-order chi connectivity index (χ0) is 21.3. The Hall–Kier alpha value is -2.93. The average molecular weight is 467 g/mol. The second kappa shape index (κ2) is 8.44. The smallest absolute Gasteiger partial charge is 0.257 e. The standard InChI is InChI=1S/C23H23BrN4O2/c1-15-11-17(8-9-19(15)24)20-13-25-23(27(20)2)26-22(30)18-6-3-5-16(12-18)14-28-10-4-7-21(28)29/h3,5-6,8-9,11-13H,4,7,10,14H2,1-2H3,(H,25,26,30). The summed E-state index contributed by atoms with van der Waals surface area (Å²) in [5.74, 6) is 0.432. The summed E-state index contributed by atoms with van der Waals surface area (Å²) in [4.78, 5) is 30.9. The second-order valence-corrected chi connectivity index (χ2v) is 8.42. The first-order valence-corrected chi connectivity index (χ1v) is 10.7. The number of nitrogens with one attached hydrogen (secondary N) is 1. The highest BCUT2D eigenvalue weighted by Crippen LogP contribution is 2.26. The normalized spacial score (nSPS) is 13.7. The third-order valence-electron chi connectivity index (χ3n) is 5.40. The van der Waals surface area contributed by atoms with Gasteiger partial charge in [-0.3, -0.25) is 14.9 Å². The number of aromatic nitrogens is 2.